The van der Waals surface area contributed by atoms with Crippen molar-refractivity contribution in [3.8, 4) is 5.75 Å². The van der Waals surface area contributed by atoms with Gasteiger partial charge in [0.2, 0.25) is 0 Å². The zero-order valence-corrected chi connectivity index (χ0v) is 9.71. The molecule has 0 aliphatic heterocycles. The van der Waals surface area contributed by atoms with Crippen molar-refractivity contribution in [2.45, 2.75) is 6.54 Å². The lowest BCUT2D eigenvalue weighted by molar-refractivity contribution is 0.469. The molecule has 0 saturated heterocycles. The van der Waals surface area contributed by atoms with Crippen molar-refractivity contribution in [3.63, 3.8) is 0 Å². The maximum absolute atomic E-state index is 12.9. The minimum atomic E-state index is -0.307. The first-order valence-electron chi connectivity index (χ1n) is 5.12. The van der Waals surface area contributed by atoms with Crippen molar-refractivity contribution in [3.05, 3.63) is 58.9 Å². The first-order valence-corrected chi connectivity index (χ1v) is 5.50. The van der Waals surface area contributed by atoms with Gasteiger partial charge in [0.1, 0.15) is 11.6 Å². The fourth-order valence-corrected chi connectivity index (χ4v) is 1.75. The highest BCUT2D eigenvalue weighted by molar-refractivity contribution is 6.31. The molecule has 0 bridgehead atoms. The Balaban J connectivity index is 2.13. The van der Waals surface area contributed by atoms with Gasteiger partial charge in [-0.15, -0.1) is 0 Å². The molecule has 0 spiro atoms. The van der Waals surface area contributed by atoms with E-state index in [9.17, 15) is 9.50 Å². The summed E-state index contributed by atoms with van der Waals surface area (Å²) in [4.78, 5) is 0. The van der Waals surface area contributed by atoms with Crippen LogP contribution < -0.4 is 5.32 Å². The molecule has 0 radical (unpaired) electrons. The van der Waals surface area contributed by atoms with E-state index in [1.54, 1.807) is 30.3 Å². The predicted octanol–water partition coefficient (Wildman–Crippen LogP) is 3.80. The Morgan fingerprint density at radius 3 is 2.65 bits per heavy atom. The van der Waals surface area contributed by atoms with E-state index >= 15 is 0 Å². The molecule has 88 valence electrons. The van der Waals surface area contributed by atoms with E-state index in [4.69, 9.17) is 11.6 Å². The molecule has 0 aromatic heterocycles. The van der Waals surface area contributed by atoms with Crippen LogP contribution in [0.3, 0.4) is 0 Å². The van der Waals surface area contributed by atoms with E-state index in [1.165, 1.54) is 12.1 Å². The van der Waals surface area contributed by atoms with Crippen LogP contribution in [0.1, 0.15) is 5.56 Å². The van der Waals surface area contributed by atoms with Crippen LogP contribution in [-0.2, 0) is 6.54 Å². The average Bonchev–Trinajstić information content (AvgIpc) is 2.28. The molecule has 2 rings (SSSR count). The molecule has 17 heavy (non-hydrogen) atoms. The molecule has 2 N–H and O–H groups in total. The third-order valence-electron chi connectivity index (χ3n) is 2.39. The molecule has 2 aromatic carbocycles. The van der Waals surface area contributed by atoms with Gasteiger partial charge in [-0.3, -0.25) is 0 Å². The zero-order valence-electron chi connectivity index (χ0n) is 8.95. The molecule has 2 aromatic rings. The Kier molecular flexibility index (Phi) is 3.49. The largest absolute Gasteiger partial charge is 0.508 e. The fraction of sp³-hybridized carbons (Fsp3) is 0.0769. The quantitative estimate of drug-likeness (QED) is 0.870. The van der Waals surface area contributed by atoms with Gasteiger partial charge in [0.15, 0.2) is 0 Å². The Labute approximate surface area is 104 Å². The molecule has 2 nitrogen and oxygen atoms in total. The standard InChI is InChI=1S/C13H11ClFNO/c14-12-5-2-6-13(17)11(12)8-16-10-4-1-3-9(15)7-10/h1-7,16-17H,8H2. The van der Waals surface area contributed by atoms with Crippen molar-refractivity contribution in [1.82, 2.24) is 0 Å². The minimum absolute atomic E-state index is 0.126. The molecule has 0 atom stereocenters. The number of halogens is 2. The summed E-state index contributed by atoms with van der Waals surface area (Å²) in [6.45, 7) is 0.342. The number of aromatic hydroxyl groups is 1. The lowest BCUT2D eigenvalue weighted by Gasteiger charge is -2.09. The first-order chi connectivity index (χ1) is 8.16. The minimum Gasteiger partial charge on any atom is -0.508 e. The molecule has 0 fully saturated rings. The Bertz CT molecular complexity index is 510. The smallest absolute Gasteiger partial charge is 0.125 e. The number of phenolic OH excluding ortho intramolecular Hbond substituents is 1. The molecule has 0 saturated carbocycles. The summed E-state index contributed by atoms with van der Waals surface area (Å²) in [5.74, 6) is -0.181. The summed E-state index contributed by atoms with van der Waals surface area (Å²) in [6.07, 6.45) is 0. The van der Waals surface area contributed by atoms with Gasteiger partial charge < -0.3 is 10.4 Å². The average molecular weight is 252 g/mol. The monoisotopic (exact) mass is 251 g/mol. The fourth-order valence-electron chi connectivity index (χ4n) is 1.51. The second-order valence-electron chi connectivity index (χ2n) is 3.60. The highest BCUT2D eigenvalue weighted by Gasteiger charge is 2.05. The van der Waals surface area contributed by atoms with E-state index in [2.05, 4.69) is 5.32 Å². The van der Waals surface area contributed by atoms with E-state index < -0.39 is 0 Å². The Morgan fingerprint density at radius 1 is 1.18 bits per heavy atom. The van der Waals surface area contributed by atoms with Crippen molar-refractivity contribution in [2.24, 2.45) is 0 Å². The van der Waals surface area contributed by atoms with Crippen molar-refractivity contribution >= 4 is 17.3 Å². The van der Waals surface area contributed by atoms with Gasteiger partial charge in [-0.1, -0.05) is 23.7 Å². The van der Waals surface area contributed by atoms with Gasteiger partial charge >= 0.3 is 0 Å². The highest BCUT2D eigenvalue weighted by atomic mass is 35.5. The molecule has 0 aliphatic rings. The summed E-state index contributed by atoms with van der Waals surface area (Å²) in [7, 11) is 0. The lowest BCUT2D eigenvalue weighted by atomic mass is 10.2. The van der Waals surface area contributed by atoms with Gasteiger partial charge in [-0.25, -0.2) is 4.39 Å². The third-order valence-corrected chi connectivity index (χ3v) is 2.74. The molecular weight excluding hydrogens is 241 g/mol. The Hall–Kier alpha value is -1.74. The van der Waals surface area contributed by atoms with Crippen LogP contribution in [0.4, 0.5) is 10.1 Å². The van der Waals surface area contributed by atoms with E-state index in [0.29, 0.717) is 22.8 Å². The van der Waals surface area contributed by atoms with Crippen LogP contribution in [-0.4, -0.2) is 5.11 Å². The summed E-state index contributed by atoms with van der Waals surface area (Å²) in [6, 6.07) is 11.1. The lowest BCUT2D eigenvalue weighted by Crippen LogP contribution is -2.00. The number of phenols is 1. The van der Waals surface area contributed by atoms with Crippen molar-refractivity contribution < 1.29 is 9.50 Å². The van der Waals surface area contributed by atoms with Gasteiger partial charge in [0.25, 0.3) is 0 Å². The van der Waals surface area contributed by atoms with Gasteiger partial charge in [0.05, 0.1) is 0 Å². The molecule has 4 heteroatoms. The van der Waals surface area contributed by atoms with Crippen LogP contribution in [0.15, 0.2) is 42.5 Å². The van der Waals surface area contributed by atoms with Crippen LogP contribution in [0.2, 0.25) is 5.02 Å². The first kappa shape index (κ1) is 11.7. The van der Waals surface area contributed by atoms with Gasteiger partial charge in [0, 0.05) is 22.8 Å². The molecular formula is C13H11ClFNO. The topological polar surface area (TPSA) is 32.3 Å². The van der Waals surface area contributed by atoms with Crippen LogP contribution in [0.25, 0.3) is 0 Å². The molecule has 0 heterocycles. The zero-order chi connectivity index (χ0) is 12.3. The summed E-state index contributed by atoms with van der Waals surface area (Å²) < 4.78 is 12.9. The number of hydrogen-bond acceptors (Lipinski definition) is 2. The summed E-state index contributed by atoms with van der Waals surface area (Å²) >= 11 is 5.95. The number of nitrogens with one attached hydrogen (secondary N) is 1. The van der Waals surface area contributed by atoms with E-state index in [1.807, 2.05) is 0 Å². The number of rotatable bonds is 3. The second kappa shape index (κ2) is 5.06. The molecule has 0 aliphatic carbocycles. The van der Waals surface area contributed by atoms with Crippen molar-refractivity contribution in [1.29, 1.82) is 0 Å². The maximum Gasteiger partial charge on any atom is 0.125 e. The highest BCUT2D eigenvalue weighted by Crippen LogP contribution is 2.26. The second-order valence-corrected chi connectivity index (χ2v) is 4.01. The number of anilines is 1. The van der Waals surface area contributed by atoms with Crippen LogP contribution >= 0.6 is 11.6 Å². The van der Waals surface area contributed by atoms with Crippen molar-refractivity contribution in [2.75, 3.05) is 5.32 Å². The van der Waals surface area contributed by atoms with E-state index in [0.717, 1.165) is 0 Å². The van der Waals surface area contributed by atoms with Crippen LogP contribution in [0, 0.1) is 5.82 Å². The number of benzene rings is 2. The molecule has 0 amide bonds. The third kappa shape index (κ3) is 2.88. The predicted molar refractivity (Wildman–Crippen MR) is 66.8 cm³/mol. The van der Waals surface area contributed by atoms with Crippen LogP contribution in [0.5, 0.6) is 5.75 Å². The number of hydrogen-bond donors (Lipinski definition) is 2. The summed E-state index contributed by atoms with van der Waals surface area (Å²) in [5.41, 5.74) is 1.24. The Morgan fingerprint density at radius 2 is 1.94 bits per heavy atom. The van der Waals surface area contributed by atoms with Gasteiger partial charge in [-0.05, 0) is 30.3 Å². The van der Waals surface area contributed by atoms with Gasteiger partial charge in [-0.2, -0.15) is 0 Å². The SMILES string of the molecule is Oc1cccc(Cl)c1CNc1cccc(F)c1. The van der Waals surface area contributed by atoms with E-state index in [-0.39, 0.29) is 11.6 Å². The molecule has 0 unspecified atom stereocenters. The maximum atomic E-state index is 12.9. The summed E-state index contributed by atoms with van der Waals surface area (Å²) in [5, 5.41) is 13.1. The normalized spacial score (nSPS) is 10.2.